The topological polar surface area (TPSA) is 99.2 Å². The third-order valence-corrected chi connectivity index (χ3v) is 3.42. The van der Waals surface area contributed by atoms with Crippen molar-refractivity contribution in [1.29, 1.82) is 0 Å². The first kappa shape index (κ1) is 18.9. The lowest BCUT2D eigenvalue weighted by molar-refractivity contribution is -0.174. The maximum atomic E-state index is 12.6. The number of esters is 2. The molecule has 1 amide bonds. The first-order valence-corrected chi connectivity index (χ1v) is 7.32. The van der Waals surface area contributed by atoms with E-state index in [4.69, 9.17) is 4.74 Å². The van der Waals surface area contributed by atoms with Crippen LogP contribution in [0.1, 0.15) is 40.0 Å². The van der Waals surface area contributed by atoms with Crippen molar-refractivity contribution >= 4 is 23.8 Å². The zero-order valence-corrected chi connectivity index (χ0v) is 14.1. The van der Waals surface area contributed by atoms with Crippen molar-refractivity contribution in [2.75, 3.05) is 20.8 Å². The molecule has 8 nitrogen and oxygen atoms in total. The lowest BCUT2D eigenvalue weighted by Crippen LogP contribution is -2.67. The Morgan fingerprint density at radius 3 is 2.00 bits per heavy atom. The number of rotatable bonds is 2. The lowest BCUT2D eigenvalue weighted by atomic mass is 9.90. The van der Waals surface area contributed by atoms with Crippen LogP contribution in [0.15, 0.2) is 0 Å². The van der Waals surface area contributed by atoms with E-state index in [1.807, 2.05) is 0 Å². The van der Waals surface area contributed by atoms with Crippen LogP contribution in [0.3, 0.4) is 0 Å². The molecule has 0 aromatic rings. The number of hydrogen-bond donors (Lipinski definition) is 0. The molecule has 0 aliphatic carbocycles. The first-order chi connectivity index (χ1) is 10.6. The predicted molar refractivity (Wildman–Crippen MR) is 78.6 cm³/mol. The molecule has 1 fully saturated rings. The van der Waals surface area contributed by atoms with Crippen LogP contribution in [0.4, 0.5) is 4.79 Å². The van der Waals surface area contributed by atoms with Gasteiger partial charge in [0.05, 0.1) is 14.2 Å². The second kappa shape index (κ2) is 6.97. The third kappa shape index (κ3) is 3.62. The summed E-state index contributed by atoms with van der Waals surface area (Å²) in [5, 5.41) is 0. The normalized spacial score (nSPS) is 18.0. The SMILES string of the molecule is COC(=O)C1(C(=O)OC)C(=O)CCCCN1C(=O)OC(C)(C)C. The molecule has 1 aliphatic rings. The molecule has 1 heterocycles. The molecular formula is C15H23NO7. The molecule has 1 rings (SSSR count). The molecule has 0 spiro atoms. The van der Waals surface area contributed by atoms with Gasteiger partial charge >= 0.3 is 18.0 Å². The van der Waals surface area contributed by atoms with Gasteiger partial charge in [-0.1, -0.05) is 0 Å². The summed E-state index contributed by atoms with van der Waals surface area (Å²) in [6, 6.07) is 0. The summed E-state index contributed by atoms with van der Waals surface area (Å²) in [5.74, 6) is -3.04. The summed E-state index contributed by atoms with van der Waals surface area (Å²) < 4.78 is 14.5. The van der Waals surface area contributed by atoms with Gasteiger partial charge < -0.3 is 14.2 Å². The lowest BCUT2D eigenvalue weighted by Gasteiger charge is -2.37. The minimum atomic E-state index is -2.46. The number of ether oxygens (including phenoxy) is 3. The highest BCUT2D eigenvalue weighted by Gasteiger charge is 2.62. The highest BCUT2D eigenvalue weighted by atomic mass is 16.6. The van der Waals surface area contributed by atoms with Crippen LogP contribution in [0.2, 0.25) is 0 Å². The van der Waals surface area contributed by atoms with Crippen LogP contribution in [-0.2, 0) is 28.6 Å². The fourth-order valence-corrected chi connectivity index (χ4v) is 2.43. The van der Waals surface area contributed by atoms with E-state index in [1.165, 1.54) is 0 Å². The van der Waals surface area contributed by atoms with Crippen LogP contribution >= 0.6 is 0 Å². The Labute approximate surface area is 135 Å². The van der Waals surface area contributed by atoms with Crippen molar-refractivity contribution in [3.63, 3.8) is 0 Å². The summed E-state index contributed by atoms with van der Waals surface area (Å²) in [5.41, 5.74) is -3.31. The fourth-order valence-electron chi connectivity index (χ4n) is 2.43. The molecule has 8 heteroatoms. The smallest absolute Gasteiger partial charge is 0.412 e. The van der Waals surface area contributed by atoms with E-state index in [1.54, 1.807) is 20.8 Å². The molecule has 1 saturated heterocycles. The van der Waals surface area contributed by atoms with Gasteiger partial charge in [0.15, 0.2) is 5.78 Å². The molecule has 0 bridgehead atoms. The third-order valence-electron chi connectivity index (χ3n) is 3.42. The molecule has 0 aromatic carbocycles. The van der Waals surface area contributed by atoms with Crippen LogP contribution in [0.25, 0.3) is 0 Å². The number of amides is 1. The van der Waals surface area contributed by atoms with Crippen molar-refractivity contribution in [2.45, 2.75) is 51.2 Å². The Hall–Kier alpha value is -2.12. The molecule has 1 aliphatic heterocycles. The van der Waals surface area contributed by atoms with Crippen LogP contribution in [0.5, 0.6) is 0 Å². The molecule has 0 radical (unpaired) electrons. The molecule has 0 N–H and O–H groups in total. The van der Waals surface area contributed by atoms with Gasteiger partial charge in [0, 0.05) is 13.0 Å². The molecule has 23 heavy (non-hydrogen) atoms. The summed E-state index contributed by atoms with van der Waals surface area (Å²) >= 11 is 0. The Bertz CT molecular complexity index is 490. The van der Waals surface area contributed by atoms with Crippen molar-refractivity contribution in [2.24, 2.45) is 0 Å². The van der Waals surface area contributed by atoms with Crippen LogP contribution in [-0.4, -0.2) is 60.6 Å². The summed E-state index contributed by atoms with van der Waals surface area (Å²) in [6.45, 7) is 4.93. The van der Waals surface area contributed by atoms with E-state index in [-0.39, 0.29) is 13.0 Å². The maximum Gasteiger partial charge on any atom is 0.412 e. The summed E-state index contributed by atoms with van der Waals surface area (Å²) in [4.78, 5) is 50.6. The maximum absolute atomic E-state index is 12.6. The van der Waals surface area contributed by atoms with E-state index in [2.05, 4.69) is 9.47 Å². The number of carbonyl (C=O) groups is 4. The Morgan fingerprint density at radius 2 is 1.57 bits per heavy atom. The Morgan fingerprint density at radius 1 is 1.04 bits per heavy atom. The van der Waals surface area contributed by atoms with Crippen molar-refractivity contribution in [1.82, 2.24) is 4.90 Å². The van der Waals surface area contributed by atoms with Gasteiger partial charge in [0.1, 0.15) is 5.60 Å². The molecule has 130 valence electrons. The van der Waals surface area contributed by atoms with Crippen LogP contribution in [0, 0.1) is 0 Å². The number of nitrogens with zero attached hydrogens (tertiary/aromatic N) is 1. The number of methoxy groups -OCH3 is 2. The van der Waals surface area contributed by atoms with E-state index in [0.717, 1.165) is 19.1 Å². The van der Waals surface area contributed by atoms with E-state index < -0.39 is 35.0 Å². The van der Waals surface area contributed by atoms with E-state index in [9.17, 15) is 19.2 Å². The van der Waals surface area contributed by atoms with Crippen molar-refractivity contribution < 1.29 is 33.4 Å². The zero-order chi connectivity index (χ0) is 17.8. The van der Waals surface area contributed by atoms with Gasteiger partial charge in [-0.3, -0.25) is 9.69 Å². The number of likely N-dealkylation sites (tertiary alicyclic amines) is 1. The first-order valence-electron chi connectivity index (χ1n) is 7.32. The largest absolute Gasteiger partial charge is 0.466 e. The van der Waals surface area contributed by atoms with E-state index >= 15 is 0 Å². The summed E-state index contributed by atoms with van der Waals surface area (Å²) in [6.07, 6.45) is -0.0958. The van der Waals surface area contributed by atoms with Crippen molar-refractivity contribution in [3.05, 3.63) is 0 Å². The van der Waals surface area contributed by atoms with Gasteiger partial charge in [-0.05, 0) is 33.6 Å². The molecule has 0 unspecified atom stereocenters. The zero-order valence-electron chi connectivity index (χ0n) is 14.1. The Balaban J connectivity index is 3.45. The quantitative estimate of drug-likeness (QED) is 0.424. The fraction of sp³-hybridized carbons (Fsp3) is 0.733. The number of Topliss-reactive ketones (excluding diaryl/α,β-unsaturated/α-hetero) is 1. The van der Waals surface area contributed by atoms with Gasteiger partial charge in [-0.2, -0.15) is 0 Å². The second-order valence-corrected chi connectivity index (χ2v) is 6.21. The number of carbonyl (C=O) groups excluding carboxylic acids is 4. The number of ketones is 1. The molecule has 0 saturated carbocycles. The molecular weight excluding hydrogens is 306 g/mol. The number of hydrogen-bond acceptors (Lipinski definition) is 7. The standard InChI is InChI=1S/C15H23NO7/c1-14(2,3)23-13(20)16-9-7-6-8-10(17)15(16,11(18)21-4)12(19)22-5/h6-9H2,1-5H3. The minimum Gasteiger partial charge on any atom is -0.466 e. The molecule has 0 aromatic heterocycles. The van der Waals surface area contributed by atoms with Gasteiger partial charge in [0.25, 0.3) is 5.54 Å². The average Bonchev–Trinajstić information content (AvgIpc) is 2.63. The second-order valence-electron chi connectivity index (χ2n) is 6.21. The highest BCUT2D eigenvalue weighted by molar-refractivity contribution is 6.27. The highest BCUT2D eigenvalue weighted by Crippen LogP contribution is 2.29. The molecule has 0 atom stereocenters. The average molecular weight is 329 g/mol. The van der Waals surface area contributed by atoms with Crippen molar-refractivity contribution in [3.8, 4) is 0 Å². The minimum absolute atomic E-state index is 0.00481. The van der Waals surface area contributed by atoms with E-state index in [0.29, 0.717) is 12.8 Å². The van der Waals surface area contributed by atoms with Crippen LogP contribution < -0.4 is 0 Å². The van der Waals surface area contributed by atoms with Gasteiger partial charge in [-0.25, -0.2) is 14.4 Å². The van der Waals surface area contributed by atoms with Gasteiger partial charge in [-0.15, -0.1) is 0 Å². The summed E-state index contributed by atoms with van der Waals surface area (Å²) in [7, 11) is 2.08. The monoisotopic (exact) mass is 329 g/mol. The Kier molecular flexibility index (Phi) is 5.74. The predicted octanol–water partition coefficient (Wildman–Crippen LogP) is 1.06. The van der Waals surface area contributed by atoms with Gasteiger partial charge in [0.2, 0.25) is 0 Å².